The maximum absolute atomic E-state index is 5.97. The van der Waals surface area contributed by atoms with E-state index in [0.29, 0.717) is 6.04 Å². The molecular weight excluding hydrogens is 226 g/mol. The SMILES string of the molecule is CSCCNC1Cc2ccc(Cl)cc2C1. The second-order valence-corrected chi connectivity index (χ2v) is 5.39. The molecular formula is C12H16ClNS. The van der Waals surface area contributed by atoms with Gasteiger partial charge in [-0.2, -0.15) is 11.8 Å². The molecule has 0 aliphatic heterocycles. The fraction of sp³-hybridized carbons (Fsp3) is 0.500. The Morgan fingerprint density at radius 1 is 1.40 bits per heavy atom. The van der Waals surface area contributed by atoms with Crippen LogP contribution >= 0.6 is 23.4 Å². The topological polar surface area (TPSA) is 12.0 Å². The van der Waals surface area contributed by atoms with Gasteiger partial charge in [0, 0.05) is 23.4 Å². The highest BCUT2D eigenvalue weighted by Crippen LogP contribution is 2.25. The normalized spacial score (nSPS) is 19.2. The lowest BCUT2D eigenvalue weighted by Crippen LogP contribution is -2.31. The van der Waals surface area contributed by atoms with Gasteiger partial charge in [-0.3, -0.25) is 0 Å². The van der Waals surface area contributed by atoms with Crippen molar-refractivity contribution in [2.24, 2.45) is 0 Å². The summed E-state index contributed by atoms with van der Waals surface area (Å²) < 4.78 is 0. The van der Waals surface area contributed by atoms with Crippen LogP contribution in [0.15, 0.2) is 18.2 Å². The highest BCUT2D eigenvalue weighted by molar-refractivity contribution is 7.98. The lowest BCUT2D eigenvalue weighted by atomic mass is 10.1. The number of hydrogen-bond donors (Lipinski definition) is 1. The third-order valence-corrected chi connectivity index (χ3v) is 3.69. The Morgan fingerprint density at radius 2 is 2.20 bits per heavy atom. The van der Waals surface area contributed by atoms with Gasteiger partial charge in [-0.15, -0.1) is 0 Å². The molecule has 3 heteroatoms. The van der Waals surface area contributed by atoms with Gasteiger partial charge >= 0.3 is 0 Å². The van der Waals surface area contributed by atoms with Crippen molar-refractivity contribution >= 4 is 23.4 Å². The minimum atomic E-state index is 0.616. The van der Waals surface area contributed by atoms with Gasteiger partial charge in [0.15, 0.2) is 0 Å². The Bertz CT molecular complexity index is 340. The zero-order valence-corrected chi connectivity index (χ0v) is 10.5. The molecule has 1 aromatic carbocycles. The van der Waals surface area contributed by atoms with Crippen molar-refractivity contribution in [2.45, 2.75) is 18.9 Å². The predicted molar refractivity (Wildman–Crippen MR) is 69.0 cm³/mol. The average Bonchev–Trinajstić information content (AvgIpc) is 2.60. The van der Waals surface area contributed by atoms with E-state index in [1.165, 1.54) is 16.9 Å². The number of hydrogen-bond acceptors (Lipinski definition) is 2. The van der Waals surface area contributed by atoms with Crippen molar-refractivity contribution in [1.82, 2.24) is 5.32 Å². The summed E-state index contributed by atoms with van der Waals surface area (Å²) in [5.74, 6) is 1.19. The lowest BCUT2D eigenvalue weighted by molar-refractivity contribution is 0.554. The summed E-state index contributed by atoms with van der Waals surface area (Å²) in [5, 5.41) is 4.44. The Hall–Kier alpha value is -0.180. The van der Waals surface area contributed by atoms with Crippen LogP contribution in [-0.4, -0.2) is 24.6 Å². The van der Waals surface area contributed by atoms with Crippen LogP contribution in [0.4, 0.5) is 0 Å². The first kappa shape index (κ1) is 11.3. The molecule has 82 valence electrons. The first-order valence-electron chi connectivity index (χ1n) is 5.29. The predicted octanol–water partition coefficient (Wildman–Crippen LogP) is 2.76. The second-order valence-electron chi connectivity index (χ2n) is 3.97. The fourth-order valence-electron chi connectivity index (χ4n) is 2.10. The molecule has 1 N–H and O–H groups in total. The molecule has 0 saturated carbocycles. The standard InChI is InChI=1S/C12H16ClNS/c1-15-5-4-14-12-7-9-2-3-11(13)6-10(9)8-12/h2-3,6,12,14H,4-5,7-8H2,1H3. The van der Waals surface area contributed by atoms with Gasteiger partial charge in [0.1, 0.15) is 0 Å². The van der Waals surface area contributed by atoms with E-state index in [2.05, 4.69) is 23.7 Å². The smallest absolute Gasteiger partial charge is 0.0408 e. The van der Waals surface area contributed by atoms with E-state index in [0.717, 1.165) is 24.4 Å². The zero-order valence-electron chi connectivity index (χ0n) is 8.92. The molecule has 1 nitrogen and oxygen atoms in total. The molecule has 15 heavy (non-hydrogen) atoms. The van der Waals surface area contributed by atoms with E-state index >= 15 is 0 Å². The summed E-state index contributed by atoms with van der Waals surface area (Å²) in [6.07, 6.45) is 4.43. The summed E-state index contributed by atoms with van der Waals surface area (Å²) in [5.41, 5.74) is 2.88. The molecule has 0 radical (unpaired) electrons. The Balaban J connectivity index is 1.91. The molecule has 1 aliphatic rings. The zero-order chi connectivity index (χ0) is 10.7. The monoisotopic (exact) mass is 241 g/mol. The van der Waals surface area contributed by atoms with Crippen LogP contribution in [0.2, 0.25) is 5.02 Å². The van der Waals surface area contributed by atoms with E-state index in [1.54, 1.807) is 0 Å². The van der Waals surface area contributed by atoms with Gasteiger partial charge in [-0.25, -0.2) is 0 Å². The van der Waals surface area contributed by atoms with Crippen molar-refractivity contribution in [3.05, 3.63) is 34.3 Å². The summed E-state index contributed by atoms with van der Waals surface area (Å²) in [7, 11) is 0. The van der Waals surface area contributed by atoms with E-state index in [-0.39, 0.29) is 0 Å². The molecule has 0 spiro atoms. The first-order valence-corrected chi connectivity index (χ1v) is 7.06. The average molecular weight is 242 g/mol. The molecule has 0 fully saturated rings. The molecule has 0 amide bonds. The van der Waals surface area contributed by atoms with E-state index < -0.39 is 0 Å². The van der Waals surface area contributed by atoms with Crippen molar-refractivity contribution in [3.63, 3.8) is 0 Å². The quantitative estimate of drug-likeness (QED) is 0.814. The number of halogens is 1. The fourth-order valence-corrected chi connectivity index (χ4v) is 2.61. The van der Waals surface area contributed by atoms with Crippen LogP contribution in [0.1, 0.15) is 11.1 Å². The molecule has 0 bridgehead atoms. The number of thioether (sulfide) groups is 1. The summed E-state index contributed by atoms with van der Waals surface area (Å²) in [4.78, 5) is 0. The molecule has 1 unspecified atom stereocenters. The Kier molecular flexibility index (Phi) is 3.95. The second kappa shape index (κ2) is 5.24. The maximum atomic E-state index is 5.97. The molecule has 1 atom stereocenters. The van der Waals surface area contributed by atoms with Crippen LogP contribution in [0, 0.1) is 0 Å². The summed E-state index contributed by atoms with van der Waals surface area (Å²) in [6.45, 7) is 1.10. The molecule has 1 aromatic rings. The third-order valence-electron chi connectivity index (χ3n) is 2.84. The van der Waals surface area contributed by atoms with Crippen molar-refractivity contribution in [3.8, 4) is 0 Å². The first-order chi connectivity index (χ1) is 7.29. The molecule has 1 aliphatic carbocycles. The van der Waals surface area contributed by atoms with Crippen molar-refractivity contribution in [1.29, 1.82) is 0 Å². The molecule has 2 rings (SSSR count). The van der Waals surface area contributed by atoms with E-state index in [4.69, 9.17) is 11.6 Å². The van der Waals surface area contributed by atoms with Crippen LogP contribution < -0.4 is 5.32 Å². The van der Waals surface area contributed by atoms with E-state index in [1.807, 2.05) is 17.8 Å². The largest absolute Gasteiger partial charge is 0.312 e. The van der Waals surface area contributed by atoms with Crippen LogP contribution in [0.5, 0.6) is 0 Å². The Labute approximate surface area is 101 Å². The summed E-state index contributed by atoms with van der Waals surface area (Å²) in [6, 6.07) is 6.87. The summed E-state index contributed by atoms with van der Waals surface area (Å²) >= 11 is 7.86. The van der Waals surface area contributed by atoms with Gasteiger partial charge in [0.2, 0.25) is 0 Å². The van der Waals surface area contributed by atoms with Gasteiger partial charge in [-0.1, -0.05) is 17.7 Å². The van der Waals surface area contributed by atoms with Crippen LogP contribution in [0.25, 0.3) is 0 Å². The van der Waals surface area contributed by atoms with Gasteiger partial charge < -0.3 is 5.32 Å². The van der Waals surface area contributed by atoms with Gasteiger partial charge in [-0.05, 0) is 42.4 Å². The number of fused-ring (bicyclic) bond motifs is 1. The van der Waals surface area contributed by atoms with Crippen LogP contribution in [0.3, 0.4) is 0 Å². The molecule has 0 aromatic heterocycles. The van der Waals surface area contributed by atoms with Crippen LogP contribution in [-0.2, 0) is 12.8 Å². The lowest BCUT2D eigenvalue weighted by Gasteiger charge is -2.10. The maximum Gasteiger partial charge on any atom is 0.0408 e. The van der Waals surface area contributed by atoms with Crippen molar-refractivity contribution in [2.75, 3.05) is 18.6 Å². The van der Waals surface area contributed by atoms with Crippen molar-refractivity contribution < 1.29 is 0 Å². The minimum Gasteiger partial charge on any atom is -0.312 e. The number of benzene rings is 1. The number of rotatable bonds is 4. The van der Waals surface area contributed by atoms with E-state index in [9.17, 15) is 0 Å². The number of nitrogens with one attached hydrogen (secondary N) is 1. The van der Waals surface area contributed by atoms with Gasteiger partial charge in [0.25, 0.3) is 0 Å². The minimum absolute atomic E-state index is 0.616. The third kappa shape index (κ3) is 2.90. The highest BCUT2D eigenvalue weighted by Gasteiger charge is 2.20. The van der Waals surface area contributed by atoms with Gasteiger partial charge in [0.05, 0.1) is 0 Å². The Morgan fingerprint density at radius 3 is 3.00 bits per heavy atom. The highest BCUT2D eigenvalue weighted by atomic mass is 35.5. The molecule has 0 heterocycles. The molecule has 0 saturated heterocycles.